The van der Waals surface area contributed by atoms with Crippen LogP contribution in [-0.4, -0.2) is 23.0 Å². The van der Waals surface area contributed by atoms with Crippen molar-refractivity contribution in [3.8, 4) is 5.75 Å². The van der Waals surface area contributed by atoms with Crippen molar-refractivity contribution in [2.75, 3.05) is 0 Å². The topological polar surface area (TPSA) is 75.6 Å². The number of benzene rings is 3. The summed E-state index contributed by atoms with van der Waals surface area (Å²) in [5, 5.41) is 12.5. The van der Waals surface area contributed by atoms with Crippen molar-refractivity contribution in [1.29, 1.82) is 0 Å². The van der Waals surface area contributed by atoms with E-state index in [-0.39, 0.29) is 28.9 Å². The summed E-state index contributed by atoms with van der Waals surface area (Å²) >= 11 is 0. The molecule has 1 atom stereocenters. The van der Waals surface area contributed by atoms with Crippen LogP contribution in [-0.2, 0) is 23.8 Å². The Labute approximate surface area is 220 Å². The summed E-state index contributed by atoms with van der Waals surface area (Å²) in [6.07, 6.45) is -8.14. The summed E-state index contributed by atoms with van der Waals surface area (Å²) in [4.78, 5) is 25.3. The van der Waals surface area contributed by atoms with Gasteiger partial charge in [-0.3, -0.25) is 4.79 Å². The van der Waals surface area contributed by atoms with Gasteiger partial charge < -0.3 is 15.2 Å². The minimum atomic E-state index is -4.70. The van der Waals surface area contributed by atoms with Crippen molar-refractivity contribution in [2.24, 2.45) is 5.41 Å². The molecule has 39 heavy (non-hydrogen) atoms. The highest BCUT2D eigenvalue weighted by Gasteiger charge is 2.37. The van der Waals surface area contributed by atoms with Crippen molar-refractivity contribution < 1.29 is 45.8 Å². The monoisotopic (exact) mass is 555 g/mol. The molecule has 0 aliphatic rings. The number of hydrogen-bond donors (Lipinski definition) is 2. The summed E-state index contributed by atoms with van der Waals surface area (Å²) < 4.78 is 84.9. The second-order valence-electron chi connectivity index (χ2n) is 9.84. The Kier molecular flexibility index (Phi) is 8.52. The Morgan fingerprint density at radius 1 is 0.897 bits per heavy atom. The summed E-state index contributed by atoms with van der Waals surface area (Å²) in [6, 6.07) is 8.26. The molecular formula is C28H27F6NO4. The minimum Gasteiger partial charge on any atom is -0.487 e. The van der Waals surface area contributed by atoms with Gasteiger partial charge in [-0.2, -0.15) is 26.3 Å². The first-order valence-corrected chi connectivity index (χ1v) is 12.0. The number of carboxylic acids is 1. The molecule has 0 saturated carbocycles. The zero-order valence-electron chi connectivity index (χ0n) is 21.3. The number of carboxylic acid groups (broad SMARTS) is 1. The van der Waals surface area contributed by atoms with Crippen molar-refractivity contribution in [1.82, 2.24) is 5.32 Å². The molecule has 3 rings (SSSR count). The van der Waals surface area contributed by atoms with Crippen LogP contribution in [0.2, 0.25) is 0 Å². The lowest BCUT2D eigenvalue weighted by Gasteiger charge is -2.32. The second kappa shape index (κ2) is 11.2. The van der Waals surface area contributed by atoms with Gasteiger partial charge in [0.2, 0.25) is 0 Å². The highest BCUT2D eigenvalue weighted by molar-refractivity contribution is 6.05. The number of carbonyl (C=O) groups is 2. The predicted octanol–water partition coefficient (Wildman–Crippen LogP) is 7.47. The van der Waals surface area contributed by atoms with Crippen molar-refractivity contribution in [2.45, 2.75) is 58.6 Å². The number of rotatable bonds is 9. The van der Waals surface area contributed by atoms with Gasteiger partial charge in [0.05, 0.1) is 16.7 Å². The van der Waals surface area contributed by atoms with E-state index in [1.165, 1.54) is 18.2 Å². The zero-order valence-corrected chi connectivity index (χ0v) is 21.3. The molecule has 0 aromatic heterocycles. The van der Waals surface area contributed by atoms with Gasteiger partial charge in [0.25, 0.3) is 5.91 Å². The Morgan fingerprint density at radius 3 is 2.00 bits per heavy atom. The Morgan fingerprint density at radius 2 is 1.46 bits per heavy atom. The predicted molar refractivity (Wildman–Crippen MR) is 132 cm³/mol. The molecule has 0 heterocycles. The number of hydrogen-bond acceptors (Lipinski definition) is 3. The molecule has 0 unspecified atom stereocenters. The van der Waals surface area contributed by atoms with E-state index in [4.69, 9.17) is 4.74 Å². The maximum Gasteiger partial charge on any atom is 0.416 e. The molecule has 0 bridgehead atoms. The van der Waals surface area contributed by atoms with E-state index in [9.17, 15) is 41.0 Å². The van der Waals surface area contributed by atoms with Crippen LogP contribution in [0.5, 0.6) is 5.75 Å². The normalized spacial score (nSPS) is 13.3. The van der Waals surface area contributed by atoms with Crippen LogP contribution in [0.15, 0.2) is 54.6 Å². The highest BCUT2D eigenvalue weighted by atomic mass is 19.4. The Hall–Kier alpha value is -3.76. The molecule has 5 nitrogen and oxygen atoms in total. The molecule has 2 N–H and O–H groups in total. The fourth-order valence-electron chi connectivity index (χ4n) is 4.34. The van der Waals surface area contributed by atoms with Gasteiger partial charge in [-0.1, -0.05) is 51.5 Å². The molecule has 0 aliphatic carbocycles. The van der Waals surface area contributed by atoms with Crippen LogP contribution in [0, 0.1) is 5.41 Å². The quantitative estimate of drug-likeness (QED) is 0.269. The van der Waals surface area contributed by atoms with Gasteiger partial charge in [-0.25, -0.2) is 4.79 Å². The fraction of sp³-hybridized carbons (Fsp3) is 0.357. The number of alkyl halides is 6. The molecule has 3 aromatic carbocycles. The van der Waals surface area contributed by atoms with Crippen LogP contribution in [0.1, 0.15) is 60.7 Å². The molecule has 210 valence electrons. The fourth-order valence-corrected chi connectivity index (χ4v) is 4.34. The zero-order chi connectivity index (χ0) is 29.2. The molecule has 0 radical (unpaired) electrons. The number of amides is 1. The van der Waals surface area contributed by atoms with Gasteiger partial charge in [-0.05, 0) is 53.1 Å². The molecular weight excluding hydrogens is 528 g/mol. The van der Waals surface area contributed by atoms with Crippen molar-refractivity contribution in [3.05, 3.63) is 76.9 Å². The first-order chi connectivity index (χ1) is 18.0. The third kappa shape index (κ3) is 7.01. The van der Waals surface area contributed by atoms with E-state index >= 15 is 0 Å². The highest BCUT2D eigenvalue weighted by Crippen LogP contribution is 2.37. The SMILES string of the molecule is CCCC(C)(C)[C@H](NC(=O)c1ccc2ccc(C(F)(F)F)cc2c1OCc1ccc(C(F)(F)F)cc1)C(=O)O. The summed E-state index contributed by atoms with van der Waals surface area (Å²) in [7, 11) is 0. The summed E-state index contributed by atoms with van der Waals surface area (Å²) in [5.41, 5.74) is -2.68. The van der Waals surface area contributed by atoms with Crippen molar-refractivity contribution in [3.63, 3.8) is 0 Å². The number of carbonyl (C=O) groups excluding carboxylic acids is 1. The number of aliphatic carboxylic acids is 1. The van der Waals surface area contributed by atoms with Gasteiger partial charge in [0, 0.05) is 5.39 Å². The van der Waals surface area contributed by atoms with E-state index in [0.29, 0.717) is 18.2 Å². The van der Waals surface area contributed by atoms with E-state index < -0.39 is 46.8 Å². The smallest absolute Gasteiger partial charge is 0.416 e. The molecule has 3 aromatic rings. The lowest BCUT2D eigenvalue weighted by Crippen LogP contribution is -2.50. The van der Waals surface area contributed by atoms with Gasteiger partial charge in [0.1, 0.15) is 18.4 Å². The lowest BCUT2D eigenvalue weighted by atomic mass is 9.80. The van der Waals surface area contributed by atoms with Crippen LogP contribution in [0.3, 0.4) is 0 Å². The minimum absolute atomic E-state index is 0.0657. The Bertz CT molecular complexity index is 1350. The Balaban J connectivity index is 2.06. The first kappa shape index (κ1) is 29.8. The van der Waals surface area contributed by atoms with Crippen LogP contribution >= 0.6 is 0 Å². The first-order valence-electron chi connectivity index (χ1n) is 12.0. The van der Waals surface area contributed by atoms with E-state index in [1.54, 1.807) is 13.8 Å². The van der Waals surface area contributed by atoms with Crippen molar-refractivity contribution >= 4 is 22.6 Å². The molecule has 0 saturated heterocycles. The number of nitrogens with one attached hydrogen (secondary N) is 1. The third-order valence-electron chi connectivity index (χ3n) is 6.41. The van der Waals surface area contributed by atoms with Gasteiger partial charge in [-0.15, -0.1) is 0 Å². The molecule has 1 amide bonds. The van der Waals surface area contributed by atoms with Gasteiger partial charge >= 0.3 is 18.3 Å². The van der Waals surface area contributed by atoms with Crippen LogP contribution in [0.4, 0.5) is 26.3 Å². The van der Waals surface area contributed by atoms with Crippen LogP contribution in [0.25, 0.3) is 10.8 Å². The third-order valence-corrected chi connectivity index (χ3v) is 6.41. The van der Waals surface area contributed by atoms with E-state index in [2.05, 4.69) is 5.32 Å². The molecule has 11 heteroatoms. The number of halogens is 6. The molecule has 0 spiro atoms. The van der Waals surface area contributed by atoms with E-state index in [0.717, 1.165) is 36.4 Å². The largest absolute Gasteiger partial charge is 0.487 e. The maximum absolute atomic E-state index is 13.5. The number of fused-ring (bicyclic) bond motifs is 1. The second-order valence-corrected chi connectivity index (χ2v) is 9.84. The summed E-state index contributed by atoms with van der Waals surface area (Å²) in [5.74, 6) is -2.42. The lowest BCUT2D eigenvalue weighted by molar-refractivity contribution is -0.142. The average Bonchev–Trinajstić information content (AvgIpc) is 2.84. The maximum atomic E-state index is 13.5. The molecule has 0 fully saturated rings. The average molecular weight is 556 g/mol. The van der Waals surface area contributed by atoms with Gasteiger partial charge in [0.15, 0.2) is 0 Å². The van der Waals surface area contributed by atoms with Crippen LogP contribution < -0.4 is 10.1 Å². The number of ether oxygens (including phenoxy) is 1. The summed E-state index contributed by atoms with van der Waals surface area (Å²) in [6.45, 7) is 4.84. The van der Waals surface area contributed by atoms with E-state index in [1.807, 2.05) is 6.92 Å². The molecule has 0 aliphatic heterocycles. The standard InChI is InChI=1S/C28H27F6NO4/c1-4-13-26(2,3)23(25(37)38)35-24(36)20-12-8-17-7-11-19(28(32,33)34)14-21(17)22(20)39-15-16-5-9-18(10-6-16)27(29,30)31/h5-12,14,23H,4,13,15H2,1-3H3,(H,35,36)(H,37,38)/t23-/m1/s1.